The van der Waals surface area contributed by atoms with Crippen molar-refractivity contribution in [2.45, 2.75) is 32.5 Å². The van der Waals surface area contributed by atoms with Crippen molar-refractivity contribution < 1.29 is 24.7 Å². The van der Waals surface area contributed by atoms with Crippen LogP contribution in [0.25, 0.3) is 0 Å². The van der Waals surface area contributed by atoms with Gasteiger partial charge in [-0.2, -0.15) is 4.99 Å². The molecule has 0 saturated carbocycles. The molecule has 24 heavy (non-hydrogen) atoms. The Bertz CT molecular complexity index is 547. The van der Waals surface area contributed by atoms with Crippen molar-refractivity contribution >= 4 is 17.8 Å². The highest BCUT2D eigenvalue weighted by Crippen LogP contribution is 2.27. The van der Waals surface area contributed by atoms with Gasteiger partial charge in [0.25, 0.3) is 0 Å². The van der Waals surface area contributed by atoms with Gasteiger partial charge in [-0.05, 0) is 19.3 Å². The Labute approximate surface area is 141 Å². The first-order valence-electron chi connectivity index (χ1n) is 7.79. The molecule has 2 heterocycles. The number of guanidine groups is 1. The van der Waals surface area contributed by atoms with Crippen LogP contribution >= 0.6 is 0 Å². The van der Waals surface area contributed by atoms with Crippen molar-refractivity contribution in [1.29, 1.82) is 0 Å². The Morgan fingerprint density at radius 1 is 1.46 bits per heavy atom. The van der Waals surface area contributed by atoms with E-state index >= 15 is 0 Å². The number of hydrogen-bond acceptors (Lipinski definition) is 9. The molecule has 1 amide bonds. The van der Waals surface area contributed by atoms with E-state index in [1.165, 1.54) is 6.92 Å². The molecule has 0 spiro atoms. The minimum absolute atomic E-state index is 0.111. The monoisotopic (exact) mass is 342 g/mol. The molecule has 2 unspecified atom stereocenters. The van der Waals surface area contributed by atoms with Crippen LogP contribution in [0.1, 0.15) is 26.2 Å². The van der Waals surface area contributed by atoms with Crippen LogP contribution in [0.5, 0.6) is 0 Å². The van der Waals surface area contributed by atoms with Crippen LogP contribution in [0.4, 0.5) is 0 Å². The second kappa shape index (κ2) is 8.62. The predicted octanol–water partition coefficient (Wildman–Crippen LogP) is -4.07. The van der Waals surface area contributed by atoms with E-state index in [-0.39, 0.29) is 24.9 Å². The van der Waals surface area contributed by atoms with Gasteiger partial charge in [0, 0.05) is 26.2 Å². The average Bonchev–Trinajstić information content (AvgIpc) is 2.78. The van der Waals surface area contributed by atoms with E-state index in [0.717, 1.165) is 6.42 Å². The number of carbonyl (C=O) groups excluding carboxylic acids is 2. The molecule has 2 aliphatic rings. The number of nitrogens with two attached hydrogens (primary N) is 2. The van der Waals surface area contributed by atoms with Crippen LogP contribution in [0, 0.1) is 0 Å². The molecule has 0 bridgehead atoms. The summed E-state index contributed by atoms with van der Waals surface area (Å²) in [5, 5.41) is 18.1. The van der Waals surface area contributed by atoms with E-state index in [1.807, 2.05) is 4.90 Å². The van der Waals surface area contributed by atoms with E-state index in [4.69, 9.17) is 16.6 Å². The maximum atomic E-state index is 12.2. The molecule has 0 aromatic rings. The van der Waals surface area contributed by atoms with Crippen molar-refractivity contribution in [2.24, 2.45) is 16.5 Å². The molecule has 0 saturated heterocycles. The maximum Gasteiger partial charge on any atom is 0.371 e. The number of nitrogens with zero attached hydrogens (tertiary/aromatic N) is 3. The first-order valence-corrected chi connectivity index (χ1v) is 7.79. The first kappa shape index (κ1) is 19.9. The van der Waals surface area contributed by atoms with Crippen LogP contribution in [-0.4, -0.2) is 66.3 Å². The van der Waals surface area contributed by atoms with Crippen LogP contribution in [0.2, 0.25) is 0 Å². The third kappa shape index (κ3) is 4.22. The zero-order chi connectivity index (χ0) is 18.4. The van der Waals surface area contributed by atoms with Crippen molar-refractivity contribution in [3.8, 4) is 0 Å². The number of hydrogen-bond donors (Lipinski definition) is 4. The largest absolute Gasteiger partial charge is 0.550 e. The van der Waals surface area contributed by atoms with E-state index in [1.54, 1.807) is 19.0 Å². The summed E-state index contributed by atoms with van der Waals surface area (Å²) in [5.74, 6) is -0.324. The molecule has 2 atom stereocenters. The summed E-state index contributed by atoms with van der Waals surface area (Å²) in [6.07, 6.45) is 1.16. The van der Waals surface area contributed by atoms with Gasteiger partial charge in [-0.25, -0.2) is 9.69 Å². The van der Waals surface area contributed by atoms with E-state index in [0.29, 0.717) is 29.4 Å². The van der Waals surface area contributed by atoms with Crippen molar-refractivity contribution in [3.05, 3.63) is 11.5 Å². The molecular weight excluding hydrogens is 316 g/mol. The molecule has 10 nitrogen and oxygen atoms in total. The molecule has 6 N–H and O–H groups in total. The number of aliphatic imine (C=N–C) groups is 1. The molecule has 2 rings (SSSR count). The quantitative estimate of drug-likeness (QED) is 0.368. The lowest BCUT2D eigenvalue weighted by molar-refractivity contribution is -0.696. The van der Waals surface area contributed by atoms with Gasteiger partial charge in [-0.1, -0.05) is 6.92 Å². The number of likely N-dealkylation sites (N-methyl/N-ethyl adjacent to an activating group) is 2. The standard InChI is InChI=1S/C11H20N6O2.C3H6O2/c1-15-7-8(14-10(12)16(2)9(7)19)17(11(15)13)5-3-4-6-18;1-2-3(4)5/h11,18H,3-6,13H2,1-2H3,(H2,12,14);2H2,1H3,(H,4,5). The molecule has 0 radical (unpaired) electrons. The van der Waals surface area contributed by atoms with Crippen LogP contribution < -0.4 is 21.5 Å². The van der Waals surface area contributed by atoms with Gasteiger partial charge in [-0.15, -0.1) is 0 Å². The smallest absolute Gasteiger partial charge is 0.371 e. The molecule has 10 heteroatoms. The number of aliphatic carboxylic acids is 1. The summed E-state index contributed by atoms with van der Waals surface area (Å²) in [7, 11) is 3.44. The maximum absolute atomic E-state index is 12.2. The summed E-state index contributed by atoms with van der Waals surface area (Å²) >= 11 is 0. The van der Waals surface area contributed by atoms with Gasteiger partial charge >= 0.3 is 11.9 Å². The highest BCUT2D eigenvalue weighted by atomic mass is 16.4. The minimum Gasteiger partial charge on any atom is -0.550 e. The van der Waals surface area contributed by atoms with Gasteiger partial charge in [0.2, 0.25) is 0 Å². The Kier molecular flexibility index (Phi) is 7.14. The number of rotatable bonds is 5. The number of aliphatic hydroxyl groups is 1. The number of unbranched alkanes of at least 4 members (excludes halogenated alkanes) is 1. The normalized spacial score (nSPS) is 22.9. The second-order valence-electron chi connectivity index (χ2n) is 5.50. The molecule has 0 aliphatic carbocycles. The van der Waals surface area contributed by atoms with Gasteiger partial charge in [0.1, 0.15) is 0 Å². The van der Waals surface area contributed by atoms with Gasteiger partial charge in [0.05, 0.1) is 7.05 Å². The van der Waals surface area contributed by atoms with Gasteiger partial charge in [-0.3, -0.25) is 5.73 Å². The first-order chi connectivity index (χ1) is 11.3. The number of nitrogens with one attached hydrogen (secondary N) is 1. The summed E-state index contributed by atoms with van der Waals surface area (Å²) < 4.78 is 0. The third-order valence-corrected chi connectivity index (χ3v) is 3.81. The van der Waals surface area contributed by atoms with E-state index in [9.17, 15) is 14.7 Å². The molecular formula is C14H26N6O4. The van der Waals surface area contributed by atoms with E-state index < -0.39 is 12.3 Å². The molecule has 0 fully saturated rings. The topological polar surface area (TPSA) is 153 Å². The highest BCUT2D eigenvalue weighted by Gasteiger charge is 2.44. The lowest BCUT2D eigenvalue weighted by Crippen LogP contribution is -3.16. The minimum atomic E-state index is -0.995. The fraction of sp³-hybridized carbons (Fsp3) is 0.643. The molecule has 136 valence electrons. The summed E-state index contributed by atoms with van der Waals surface area (Å²) in [6, 6.07) is 0. The average molecular weight is 342 g/mol. The fourth-order valence-corrected chi connectivity index (χ4v) is 2.26. The molecule has 0 aromatic carbocycles. The fourth-order valence-electron chi connectivity index (χ4n) is 2.26. The van der Waals surface area contributed by atoms with Crippen molar-refractivity contribution in [1.82, 2.24) is 9.80 Å². The molecule has 2 aliphatic heterocycles. The van der Waals surface area contributed by atoms with E-state index in [2.05, 4.69) is 4.99 Å². The number of quaternary nitrogens is 1. The van der Waals surface area contributed by atoms with Crippen LogP contribution in [-0.2, 0) is 9.59 Å². The second-order valence-corrected chi connectivity index (χ2v) is 5.50. The van der Waals surface area contributed by atoms with Crippen molar-refractivity contribution in [2.75, 3.05) is 27.2 Å². The Hall–Kier alpha value is -2.17. The van der Waals surface area contributed by atoms with Crippen molar-refractivity contribution in [3.63, 3.8) is 0 Å². The lowest BCUT2D eigenvalue weighted by Gasteiger charge is -2.27. The zero-order valence-electron chi connectivity index (χ0n) is 14.3. The lowest BCUT2D eigenvalue weighted by atomic mass is 10.3. The predicted molar refractivity (Wildman–Crippen MR) is 84.6 cm³/mol. The Morgan fingerprint density at radius 3 is 2.54 bits per heavy atom. The summed E-state index contributed by atoms with van der Waals surface area (Å²) in [5.41, 5.74) is 12.4. The number of amides is 1. The summed E-state index contributed by atoms with van der Waals surface area (Å²) in [4.78, 5) is 29.8. The Balaban J connectivity index is 0.000000505. The molecule has 0 aromatic heterocycles. The van der Waals surface area contributed by atoms with Gasteiger partial charge in [0.15, 0.2) is 17.8 Å². The summed E-state index contributed by atoms with van der Waals surface area (Å²) in [6.45, 7) is 2.31. The zero-order valence-corrected chi connectivity index (χ0v) is 14.3. The van der Waals surface area contributed by atoms with Crippen LogP contribution in [0.3, 0.4) is 0 Å². The number of carboxylic acid groups (broad SMARTS) is 1. The number of carbonyl (C=O) groups is 2. The van der Waals surface area contributed by atoms with Gasteiger partial charge < -0.3 is 30.5 Å². The Morgan fingerprint density at radius 2 is 2.04 bits per heavy atom. The highest BCUT2D eigenvalue weighted by molar-refractivity contribution is 5.96. The number of carboxylic acids is 1. The number of aliphatic hydroxyl groups excluding tert-OH is 1. The van der Waals surface area contributed by atoms with Crippen LogP contribution in [0.15, 0.2) is 16.5 Å². The SMILES string of the molecule is CCC(=O)[O-].CN1C2=C(N=C(N)[NH+](C)C2=O)N(CCCCO)C1N. The third-order valence-electron chi connectivity index (χ3n) is 3.81.